The maximum Gasteiger partial charge on any atom is 0.363 e. The van der Waals surface area contributed by atoms with Crippen LogP contribution in [0.25, 0.3) is 22.0 Å². The molecule has 0 amide bonds. The van der Waals surface area contributed by atoms with Gasteiger partial charge in [0, 0.05) is 16.4 Å². The van der Waals surface area contributed by atoms with E-state index in [0.717, 1.165) is 27.5 Å². The van der Waals surface area contributed by atoms with Crippen molar-refractivity contribution in [1.82, 2.24) is 4.98 Å². The third-order valence-corrected chi connectivity index (χ3v) is 7.02. The molecule has 27 heavy (non-hydrogen) atoms. The number of rotatable bonds is 7. The molecule has 0 unspecified atom stereocenters. The van der Waals surface area contributed by atoms with Gasteiger partial charge in [-0.05, 0) is 55.7 Å². The summed E-state index contributed by atoms with van der Waals surface area (Å²) < 4.78 is 24.8. The van der Waals surface area contributed by atoms with Gasteiger partial charge in [0.15, 0.2) is 0 Å². The molecule has 0 N–H and O–H groups in total. The molecule has 0 fully saturated rings. The lowest BCUT2D eigenvalue weighted by Crippen LogP contribution is -2.14. The van der Waals surface area contributed by atoms with Gasteiger partial charge >= 0.3 is 7.60 Å². The first-order chi connectivity index (χ1) is 13.0. The van der Waals surface area contributed by atoms with E-state index in [9.17, 15) is 4.57 Å². The number of hydrogen-bond donors (Lipinski definition) is 0. The molecule has 0 aliphatic rings. The molecule has 6 heteroatoms. The lowest BCUT2D eigenvalue weighted by Gasteiger charge is -2.20. The quantitative estimate of drug-likeness (QED) is 0.329. The minimum Gasteiger partial charge on any atom is -0.305 e. The number of alkyl halides is 1. The van der Waals surface area contributed by atoms with Gasteiger partial charge in [-0.15, -0.1) is 0 Å². The topological polar surface area (TPSA) is 48.4 Å². The lowest BCUT2D eigenvalue weighted by molar-refractivity contribution is 0.230. The Balaban J connectivity index is 2.25. The van der Waals surface area contributed by atoms with Gasteiger partial charge in [-0.25, -0.2) is 0 Å². The second-order valence-electron chi connectivity index (χ2n) is 6.18. The van der Waals surface area contributed by atoms with E-state index in [1.165, 1.54) is 5.56 Å². The van der Waals surface area contributed by atoms with Gasteiger partial charge in [-0.2, -0.15) is 0 Å². The van der Waals surface area contributed by atoms with Crippen LogP contribution in [0.5, 0.6) is 0 Å². The Hall–Kier alpha value is -1.52. The molecule has 4 nitrogen and oxygen atoms in total. The van der Waals surface area contributed by atoms with E-state index in [4.69, 9.17) is 9.05 Å². The maximum absolute atomic E-state index is 13.5. The standard InChI is InChI=1S/C21H23BrNO3P/c1-4-25-27(24,26-5-2)20-13-19(17-10-7-16(14-22)8-11-17)12-18-9-6-15(3)23-21(18)20/h6-13H,4-5,14H2,1-3H3. The fraction of sp³-hybridized carbons (Fsp3) is 0.286. The summed E-state index contributed by atoms with van der Waals surface area (Å²) in [5.74, 6) is 0. The number of benzene rings is 2. The van der Waals surface area contributed by atoms with Crippen molar-refractivity contribution in [2.75, 3.05) is 13.2 Å². The van der Waals surface area contributed by atoms with Gasteiger partial charge < -0.3 is 9.05 Å². The molecular formula is C21H23BrNO3P. The van der Waals surface area contributed by atoms with Crippen molar-refractivity contribution in [3.63, 3.8) is 0 Å². The third kappa shape index (κ3) is 4.33. The van der Waals surface area contributed by atoms with E-state index in [1.807, 2.05) is 39.0 Å². The molecule has 142 valence electrons. The fourth-order valence-electron chi connectivity index (χ4n) is 2.99. The largest absolute Gasteiger partial charge is 0.363 e. The molecule has 1 aromatic heterocycles. The molecule has 0 atom stereocenters. The Morgan fingerprint density at radius 1 is 0.963 bits per heavy atom. The van der Waals surface area contributed by atoms with E-state index in [0.29, 0.717) is 24.0 Å². The molecule has 2 aromatic carbocycles. The van der Waals surface area contributed by atoms with Crippen LogP contribution in [0.4, 0.5) is 0 Å². The highest BCUT2D eigenvalue weighted by Gasteiger charge is 2.30. The molecule has 0 saturated heterocycles. The zero-order valence-corrected chi connectivity index (χ0v) is 18.2. The first kappa shape index (κ1) is 20.2. The molecular weight excluding hydrogens is 425 g/mol. The van der Waals surface area contributed by atoms with Crippen LogP contribution < -0.4 is 5.30 Å². The van der Waals surface area contributed by atoms with Gasteiger partial charge in [0.1, 0.15) is 0 Å². The average Bonchev–Trinajstić information content (AvgIpc) is 2.67. The van der Waals surface area contributed by atoms with E-state index < -0.39 is 7.60 Å². The number of fused-ring (bicyclic) bond motifs is 1. The molecule has 0 radical (unpaired) electrons. The Kier molecular flexibility index (Phi) is 6.48. The highest BCUT2D eigenvalue weighted by atomic mass is 79.9. The van der Waals surface area contributed by atoms with Crippen molar-refractivity contribution in [2.24, 2.45) is 0 Å². The summed E-state index contributed by atoms with van der Waals surface area (Å²) in [5.41, 5.74) is 4.73. The fourth-order valence-corrected chi connectivity index (χ4v) is 5.13. The molecule has 0 spiro atoms. The molecule has 0 saturated carbocycles. The summed E-state index contributed by atoms with van der Waals surface area (Å²) in [7, 11) is -3.47. The summed E-state index contributed by atoms with van der Waals surface area (Å²) in [6.07, 6.45) is 0. The smallest absolute Gasteiger partial charge is 0.305 e. The van der Waals surface area contributed by atoms with E-state index in [1.54, 1.807) is 0 Å². The van der Waals surface area contributed by atoms with Crippen LogP contribution >= 0.6 is 23.5 Å². The normalized spacial score (nSPS) is 11.9. The lowest BCUT2D eigenvalue weighted by atomic mass is 10.0. The van der Waals surface area contributed by atoms with Crippen molar-refractivity contribution in [3.05, 3.63) is 59.8 Å². The first-order valence-electron chi connectivity index (χ1n) is 8.97. The number of aryl methyl sites for hydroxylation is 1. The van der Waals surface area contributed by atoms with E-state index >= 15 is 0 Å². The summed E-state index contributed by atoms with van der Waals surface area (Å²) in [6.45, 7) is 6.15. The minimum atomic E-state index is -3.47. The Bertz CT molecular complexity index is 979. The highest BCUT2D eigenvalue weighted by Crippen LogP contribution is 2.49. The first-order valence-corrected chi connectivity index (χ1v) is 11.6. The Morgan fingerprint density at radius 3 is 2.22 bits per heavy atom. The zero-order chi connectivity index (χ0) is 19.4. The molecule has 0 aliphatic carbocycles. The highest BCUT2D eigenvalue weighted by molar-refractivity contribution is 9.08. The Labute approximate surface area is 168 Å². The van der Waals surface area contributed by atoms with Crippen molar-refractivity contribution < 1.29 is 13.6 Å². The van der Waals surface area contributed by atoms with Crippen molar-refractivity contribution in [3.8, 4) is 11.1 Å². The van der Waals surface area contributed by atoms with Crippen LogP contribution in [0.3, 0.4) is 0 Å². The second-order valence-corrected chi connectivity index (χ2v) is 8.74. The van der Waals surface area contributed by atoms with Crippen LogP contribution in [-0.4, -0.2) is 18.2 Å². The summed E-state index contributed by atoms with van der Waals surface area (Å²) in [6, 6.07) is 16.2. The van der Waals surface area contributed by atoms with Gasteiger partial charge in [0.25, 0.3) is 0 Å². The molecule has 1 heterocycles. The maximum atomic E-state index is 13.5. The van der Waals surface area contributed by atoms with Crippen LogP contribution in [0.15, 0.2) is 48.5 Å². The number of aromatic nitrogens is 1. The Morgan fingerprint density at radius 2 is 1.63 bits per heavy atom. The van der Waals surface area contributed by atoms with Crippen LogP contribution in [0.2, 0.25) is 0 Å². The second kappa shape index (κ2) is 8.66. The summed E-state index contributed by atoms with van der Waals surface area (Å²) in [5, 5.41) is 2.24. The number of nitrogens with zero attached hydrogens (tertiary/aromatic N) is 1. The minimum absolute atomic E-state index is 0.300. The van der Waals surface area contributed by atoms with Crippen LogP contribution in [0.1, 0.15) is 25.1 Å². The SMILES string of the molecule is CCOP(=O)(OCC)c1cc(-c2ccc(CBr)cc2)cc2ccc(C)nc12. The summed E-state index contributed by atoms with van der Waals surface area (Å²) in [4.78, 5) is 4.63. The van der Waals surface area contributed by atoms with Crippen LogP contribution in [-0.2, 0) is 18.9 Å². The number of hydrogen-bond acceptors (Lipinski definition) is 4. The number of pyridine rings is 1. The van der Waals surface area contributed by atoms with Gasteiger partial charge in [0.05, 0.1) is 24.0 Å². The van der Waals surface area contributed by atoms with Gasteiger partial charge in [-0.3, -0.25) is 9.55 Å². The van der Waals surface area contributed by atoms with Gasteiger partial charge in [0.2, 0.25) is 0 Å². The predicted molar refractivity (Wildman–Crippen MR) is 115 cm³/mol. The predicted octanol–water partition coefficient (Wildman–Crippen LogP) is 6.00. The molecule has 0 bridgehead atoms. The van der Waals surface area contributed by atoms with Crippen molar-refractivity contribution in [2.45, 2.75) is 26.1 Å². The molecule has 3 aromatic rings. The van der Waals surface area contributed by atoms with Crippen molar-refractivity contribution >= 4 is 39.7 Å². The van der Waals surface area contributed by atoms with Crippen LogP contribution in [0, 0.1) is 6.92 Å². The van der Waals surface area contributed by atoms with E-state index in [2.05, 4.69) is 51.2 Å². The van der Waals surface area contributed by atoms with Gasteiger partial charge in [-0.1, -0.05) is 46.3 Å². The summed E-state index contributed by atoms with van der Waals surface area (Å²) >= 11 is 3.47. The molecule has 0 aliphatic heterocycles. The molecule has 3 rings (SSSR count). The van der Waals surface area contributed by atoms with E-state index in [-0.39, 0.29) is 0 Å². The number of halogens is 1. The average molecular weight is 448 g/mol. The third-order valence-electron chi connectivity index (χ3n) is 4.25. The monoisotopic (exact) mass is 447 g/mol. The zero-order valence-electron chi connectivity index (χ0n) is 15.7. The van der Waals surface area contributed by atoms with Crippen molar-refractivity contribution in [1.29, 1.82) is 0 Å².